The minimum atomic E-state index is -0.639. The summed E-state index contributed by atoms with van der Waals surface area (Å²) in [6, 6.07) is 2.96. The van der Waals surface area contributed by atoms with Crippen molar-refractivity contribution >= 4 is 17.8 Å². The number of guanidine groups is 1. The molecular formula is C17H22F2N4O2. The standard InChI is InChI=1S/C17H22F2N4O2/c1-11(13-7-6-12(18)10-14(13)19)22-17(20-2)21-8-9-23-15(24)4-3-5-16(23)25/h6-7,10-11H,3-5,8-9H2,1-2H3,(H2,20,21,22). The van der Waals surface area contributed by atoms with Gasteiger partial charge in [-0.3, -0.25) is 19.5 Å². The van der Waals surface area contributed by atoms with Gasteiger partial charge in [0.25, 0.3) is 0 Å². The van der Waals surface area contributed by atoms with Crippen molar-refractivity contribution in [3.63, 3.8) is 0 Å². The molecule has 1 saturated heterocycles. The summed E-state index contributed by atoms with van der Waals surface area (Å²) in [7, 11) is 1.56. The molecule has 2 rings (SSSR count). The zero-order chi connectivity index (χ0) is 18.4. The number of halogens is 2. The van der Waals surface area contributed by atoms with Gasteiger partial charge in [-0.05, 0) is 19.4 Å². The number of hydrogen-bond donors (Lipinski definition) is 2. The van der Waals surface area contributed by atoms with Gasteiger partial charge in [0, 0.05) is 44.6 Å². The molecule has 0 aliphatic carbocycles. The van der Waals surface area contributed by atoms with Crippen LogP contribution in [0.2, 0.25) is 0 Å². The number of nitrogens with one attached hydrogen (secondary N) is 2. The van der Waals surface area contributed by atoms with E-state index >= 15 is 0 Å². The lowest BCUT2D eigenvalue weighted by atomic mass is 10.1. The van der Waals surface area contributed by atoms with E-state index in [-0.39, 0.29) is 18.4 Å². The summed E-state index contributed by atoms with van der Waals surface area (Å²) >= 11 is 0. The Morgan fingerprint density at radius 2 is 1.96 bits per heavy atom. The van der Waals surface area contributed by atoms with Crippen LogP contribution in [-0.2, 0) is 9.59 Å². The maximum Gasteiger partial charge on any atom is 0.229 e. The molecule has 1 aliphatic rings. The molecule has 6 nitrogen and oxygen atoms in total. The molecular weight excluding hydrogens is 330 g/mol. The minimum Gasteiger partial charge on any atom is -0.355 e. The van der Waals surface area contributed by atoms with Gasteiger partial charge in [-0.25, -0.2) is 8.78 Å². The van der Waals surface area contributed by atoms with E-state index in [1.54, 1.807) is 14.0 Å². The number of carbonyl (C=O) groups is 2. The molecule has 1 fully saturated rings. The average molecular weight is 352 g/mol. The van der Waals surface area contributed by atoms with Gasteiger partial charge in [-0.15, -0.1) is 0 Å². The van der Waals surface area contributed by atoms with E-state index in [4.69, 9.17) is 0 Å². The number of carbonyl (C=O) groups excluding carboxylic acids is 2. The van der Waals surface area contributed by atoms with E-state index in [0.717, 1.165) is 6.07 Å². The molecule has 1 heterocycles. The molecule has 0 bridgehead atoms. The van der Waals surface area contributed by atoms with E-state index in [1.807, 2.05) is 0 Å². The molecule has 2 amide bonds. The largest absolute Gasteiger partial charge is 0.355 e. The van der Waals surface area contributed by atoms with Crippen molar-refractivity contribution in [3.8, 4) is 0 Å². The Morgan fingerprint density at radius 3 is 2.56 bits per heavy atom. The highest BCUT2D eigenvalue weighted by Gasteiger charge is 2.25. The molecule has 1 aliphatic heterocycles. The zero-order valence-corrected chi connectivity index (χ0v) is 14.3. The lowest BCUT2D eigenvalue weighted by Gasteiger charge is -2.25. The normalized spacial score (nSPS) is 16.8. The van der Waals surface area contributed by atoms with E-state index in [0.29, 0.717) is 37.3 Å². The monoisotopic (exact) mass is 352 g/mol. The SMILES string of the molecule is CN=C(NCCN1C(=O)CCCC1=O)NC(C)c1ccc(F)cc1F. The molecule has 2 N–H and O–H groups in total. The van der Waals surface area contributed by atoms with Crippen LogP contribution in [0.5, 0.6) is 0 Å². The molecule has 1 unspecified atom stereocenters. The Morgan fingerprint density at radius 1 is 1.28 bits per heavy atom. The summed E-state index contributed by atoms with van der Waals surface area (Å²) in [5.41, 5.74) is 0.311. The highest BCUT2D eigenvalue weighted by Crippen LogP contribution is 2.17. The topological polar surface area (TPSA) is 73.8 Å². The second-order valence-electron chi connectivity index (χ2n) is 5.82. The molecule has 0 saturated carbocycles. The number of rotatable bonds is 5. The minimum absolute atomic E-state index is 0.164. The van der Waals surface area contributed by atoms with Crippen LogP contribution in [0.1, 0.15) is 37.8 Å². The van der Waals surface area contributed by atoms with Crippen molar-refractivity contribution in [1.82, 2.24) is 15.5 Å². The van der Waals surface area contributed by atoms with Crippen LogP contribution < -0.4 is 10.6 Å². The predicted octanol–water partition coefficient (Wildman–Crippen LogP) is 1.73. The average Bonchev–Trinajstić information content (AvgIpc) is 2.56. The van der Waals surface area contributed by atoms with Gasteiger partial charge in [-0.2, -0.15) is 0 Å². The highest BCUT2D eigenvalue weighted by atomic mass is 19.1. The van der Waals surface area contributed by atoms with Gasteiger partial charge in [-0.1, -0.05) is 6.07 Å². The third-order valence-corrected chi connectivity index (χ3v) is 4.02. The van der Waals surface area contributed by atoms with E-state index in [1.165, 1.54) is 17.0 Å². The Kier molecular flexibility index (Phi) is 6.44. The highest BCUT2D eigenvalue weighted by molar-refractivity contribution is 5.97. The van der Waals surface area contributed by atoms with Gasteiger partial charge in [0.2, 0.25) is 11.8 Å². The van der Waals surface area contributed by atoms with Crippen molar-refractivity contribution in [1.29, 1.82) is 0 Å². The number of hydrogen-bond acceptors (Lipinski definition) is 3. The number of imide groups is 1. The number of aliphatic imine (C=N–C) groups is 1. The van der Waals surface area contributed by atoms with E-state index < -0.39 is 17.7 Å². The van der Waals surface area contributed by atoms with Crippen LogP contribution in [0.4, 0.5) is 8.78 Å². The molecule has 0 aromatic heterocycles. The molecule has 1 atom stereocenters. The first-order chi connectivity index (χ1) is 11.9. The number of amides is 2. The fraction of sp³-hybridized carbons (Fsp3) is 0.471. The number of likely N-dealkylation sites (tertiary alicyclic amines) is 1. The smallest absolute Gasteiger partial charge is 0.229 e. The molecule has 1 aromatic rings. The third-order valence-electron chi connectivity index (χ3n) is 4.02. The van der Waals surface area contributed by atoms with E-state index in [2.05, 4.69) is 15.6 Å². The summed E-state index contributed by atoms with van der Waals surface area (Å²) in [5.74, 6) is -1.20. The molecule has 1 aromatic carbocycles. The quantitative estimate of drug-likeness (QED) is 0.481. The number of nitrogens with zero attached hydrogens (tertiary/aromatic N) is 2. The van der Waals surface area contributed by atoms with E-state index in [9.17, 15) is 18.4 Å². The molecule has 0 spiro atoms. The van der Waals surface area contributed by atoms with Crippen molar-refractivity contribution < 1.29 is 18.4 Å². The first-order valence-corrected chi connectivity index (χ1v) is 8.17. The Bertz CT molecular complexity index is 663. The van der Waals surface area contributed by atoms with Crippen LogP contribution >= 0.6 is 0 Å². The van der Waals surface area contributed by atoms with Crippen molar-refractivity contribution in [2.24, 2.45) is 4.99 Å². The van der Waals surface area contributed by atoms with Gasteiger partial charge >= 0.3 is 0 Å². The molecule has 136 valence electrons. The summed E-state index contributed by atoms with van der Waals surface area (Å²) in [6.45, 7) is 2.30. The van der Waals surface area contributed by atoms with Crippen LogP contribution in [0.3, 0.4) is 0 Å². The van der Waals surface area contributed by atoms with Crippen LogP contribution in [-0.4, -0.2) is 42.8 Å². The Labute approximate surface area is 145 Å². The van der Waals surface area contributed by atoms with Crippen LogP contribution in [0.25, 0.3) is 0 Å². The maximum atomic E-state index is 13.8. The fourth-order valence-electron chi connectivity index (χ4n) is 2.67. The summed E-state index contributed by atoms with van der Waals surface area (Å²) in [6.07, 6.45) is 1.38. The van der Waals surface area contributed by atoms with Crippen LogP contribution in [0, 0.1) is 11.6 Å². The second-order valence-corrected chi connectivity index (χ2v) is 5.82. The van der Waals surface area contributed by atoms with Crippen molar-refractivity contribution in [3.05, 3.63) is 35.4 Å². The second kappa shape index (κ2) is 8.55. The van der Waals surface area contributed by atoms with Gasteiger partial charge in [0.15, 0.2) is 5.96 Å². The number of benzene rings is 1. The fourth-order valence-corrected chi connectivity index (χ4v) is 2.67. The molecule has 0 radical (unpaired) electrons. The van der Waals surface area contributed by atoms with Crippen molar-refractivity contribution in [2.75, 3.05) is 20.1 Å². The predicted molar refractivity (Wildman–Crippen MR) is 89.8 cm³/mol. The molecule has 25 heavy (non-hydrogen) atoms. The first-order valence-electron chi connectivity index (χ1n) is 8.17. The zero-order valence-electron chi connectivity index (χ0n) is 14.3. The lowest BCUT2D eigenvalue weighted by molar-refractivity contribution is -0.147. The summed E-state index contributed by atoms with van der Waals surface area (Å²) in [5, 5.41) is 5.98. The summed E-state index contributed by atoms with van der Waals surface area (Å²) in [4.78, 5) is 28.7. The van der Waals surface area contributed by atoms with Crippen LogP contribution in [0.15, 0.2) is 23.2 Å². The Balaban J connectivity index is 1.88. The first kappa shape index (κ1) is 18.8. The Hall–Kier alpha value is -2.51. The number of piperidine rings is 1. The third kappa shape index (κ3) is 4.98. The maximum absolute atomic E-state index is 13.8. The van der Waals surface area contributed by atoms with Gasteiger partial charge in [0.1, 0.15) is 11.6 Å². The van der Waals surface area contributed by atoms with Crippen molar-refractivity contribution in [2.45, 2.75) is 32.2 Å². The van der Waals surface area contributed by atoms with Gasteiger partial charge < -0.3 is 10.6 Å². The van der Waals surface area contributed by atoms with Gasteiger partial charge in [0.05, 0.1) is 6.04 Å². The molecule has 8 heteroatoms. The lowest BCUT2D eigenvalue weighted by Crippen LogP contribution is -2.46. The summed E-state index contributed by atoms with van der Waals surface area (Å²) < 4.78 is 26.8.